The molecule has 1 aliphatic rings. The highest BCUT2D eigenvalue weighted by atomic mass is 16.5. The second kappa shape index (κ2) is 8.12. The molecule has 0 aromatic carbocycles. The predicted octanol–water partition coefficient (Wildman–Crippen LogP) is -0.145. The van der Waals surface area contributed by atoms with Crippen molar-refractivity contribution in [3.05, 3.63) is 0 Å². The zero-order chi connectivity index (χ0) is 14.3. The van der Waals surface area contributed by atoms with Gasteiger partial charge in [0, 0.05) is 33.1 Å². The summed E-state index contributed by atoms with van der Waals surface area (Å²) in [5, 5.41) is 9.84. The van der Waals surface area contributed by atoms with Crippen molar-refractivity contribution in [2.75, 3.05) is 39.3 Å². The van der Waals surface area contributed by atoms with Gasteiger partial charge in [0.15, 0.2) is 0 Å². The first kappa shape index (κ1) is 15.9. The lowest BCUT2D eigenvalue weighted by atomic mass is 10.2. The summed E-state index contributed by atoms with van der Waals surface area (Å²) in [4.78, 5) is 26.5. The molecule has 1 atom stereocenters. The number of hydrogen-bond donors (Lipinski definition) is 1. The number of carbonyl (C=O) groups is 2. The van der Waals surface area contributed by atoms with Crippen molar-refractivity contribution in [2.24, 2.45) is 0 Å². The Hall–Kier alpha value is -1.14. The summed E-state index contributed by atoms with van der Waals surface area (Å²) >= 11 is 0. The quantitative estimate of drug-likeness (QED) is 0.705. The van der Waals surface area contributed by atoms with E-state index in [0.29, 0.717) is 19.7 Å². The second-order valence-electron chi connectivity index (χ2n) is 4.82. The van der Waals surface area contributed by atoms with Gasteiger partial charge in [0.05, 0.1) is 19.1 Å². The standard InChI is InChI=1S/C13H24N2O4/c1-3-19-13(18)9-12(17)10-14-5-4-6-15(8-7-14)11(2)16/h12,17H,3-10H2,1-2H3. The van der Waals surface area contributed by atoms with E-state index in [-0.39, 0.29) is 18.3 Å². The molecule has 1 rings (SSSR count). The normalized spacial score (nSPS) is 18.8. The fourth-order valence-corrected chi connectivity index (χ4v) is 2.24. The molecule has 1 N–H and O–H groups in total. The average Bonchev–Trinajstić information content (AvgIpc) is 2.54. The lowest BCUT2D eigenvalue weighted by molar-refractivity contribution is -0.145. The summed E-state index contributed by atoms with van der Waals surface area (Å²) in [5.74, 6) is -0.274. The average molecular weight is 272 g/mol. The van der Waals surface area contributed by atoms with Gasteiger partial charge in [-0.25, -0.2) is 0 Å². The number of ether oxygens (including phenoxy) is 1. The highest BCUT2D eigenvalue weighted by Crippen LogP contribution is 2.06. The van der Waals surface area contributed by atoms with E-state index in [0.717, 1.165) is 26.1 Å². The first-order chi connectivity index (χ1) is 9.02. The minimum atomic E-state index is -0.706. The SMILES string of the molecule is CCOC(=O)CC(O)CN1CCCN(C(C)=O)CC1. The van der Waals surface area contributed by atoms with Gasteiger partial charge in [0.25, 0.3) is 0 Å². The number of aliphatic hydroxyl groups excluding tert-OH is 1. The zero-order valence-corrected chi connectivity index (χ0v) is 11.8. The predicted molar refractivity (Wildman–Crippen MR) is 70.6 cm³/mol. The number of aliphatic hydroxyl groups is 1. The van der Waals surface area contributed by atoms with Crippen LogP contribution < -0.4 is 0 Å². The van der Waals surface area contributed by atoms with E-state index < -0.39 is 6.10 Å². The van der Waals surface area contributed by atoms with Crippen LogP contribution in [-0.4, -0.2) is 72.2 Å². The van der Waals surface area contributed by atoms with Gasteiger partial charge >= 0.3 is 5.97 Å². The monoisotopic (exact) mass is 272 g/mol. The molecule has 0 aromatic rings. The largest absolute Gasteiger partial charge is 0.466 e. The number of amides is 1. The molecule has 1 unspecified atom stereocenters. The Kier molecular flexibility index (Phi) is 6.80. The molecule has 0 aliphatic carbocycles. The van der Waals surface area contributed by atoms with Crippen LogP contribution in [0.15, 0.2) is 0 Å². The minimum absolute atomic E-state index is 0.0285. The van der Waals surface area contributed by atoms with Gasteiger partial charge in [-0.05, 0) is 19.9 Å². The Morgan fingerprint density at radius 2 is 2.00 bits per heavy atom. The van der Waals surface area contributed by atoms with Crippen molar-refractivity contribution < 1.29 is 19.4 Å². The van der Waals surface area contributed by atoms with Crippen LogP contribution in [0.3, 0.4) is 0 Å². The van der Waals surface area contributed by atoms with Gasteiger partial charge in [0.1, 0.15) is 0 Å². The van der Waals surface area contributed by atoms with Crippen molar-refractivity contribution in [1.82, 2.24) is 9.80 Å². The van der Waals surface area contributed by atoms with Gasteiger partial charge in [-0.3, -0.25) is 14.5 Å². The van der Waals surface area contributed by atoms with E-state index in [1.165, 1.54) is 0 Å². The summed E-state index contributed by atoms with van der Waals surface area (Å²) < 4.78 is 4.80. The molecule has 0 radical (unpaired) electrons. The van der Waals surface area contributed by atoms with Crippen LogP contribution in [0.2, 0.25) is 0 Å². The molecule has 1 saturated heterocycles. The highest BCUT2D eigenvalue weighted by Gasteiger charge is 2.20. The number of nitrogens with zero attached hydrogens (tertiary/aromatic N) is 2. The van der Waals surface area contributed by atoms with Crippen molar-refractivity contribution in [3.8, 4) is 0 Å². The molecule has 1 aliphatic heterocycles. The van der Waals surface area contributed by atoms with Crippen LogP contribution in [-0.2, 0) is 14.3 Å². The Balaban J connectivity index is 2.32. The smallest absolute Gasteiger partial charge is 0.308 e. The fraction of sp³-hybridized carbons (Fsp3) is 0.846. The summed E-state index contributed by atoms with van der Waals surface area (Å²) in [6, 6.07) is 0. The van der Waals surface area contributed by atoms with E-state index in [2.05, 4.69) is 4.90 Å². The molecule has 6 nitrogen and oxygen atoms in total. The molecular weight excluding hydrogens is 248 g/mol. The molecule has 1 amide bonds. The van der Waals surface area contributed by atoms with Gasteiger partial charge in [-0.2, -0.15) is 0 Å². The van der Waals surface area contributed by atoms with E-state index in [1.807, 2.05) is 4.90 Å². The lowest BCUT2D eigenvalue weighted by Crippen LogP contribution is -2.37. The molecule has 1 fully saturated rings. The molecular formula is C13H24N2O4. The summed E-state index contributed by atoms with van der Waals surface area (Å²) in [7, 11) is 0. The fourth-order valence-electron chi connectivity index (χ4n) is 2.24. The number of hydrogen-bond acceptors (Lipinski definition) is 5. The van der Waals surface area contributed by atoms with Gasteiger partial charge in [0.2, 0.25) is 5.91 Å². The van der Waals surface area contributed by atoms with E-state index in [1.54, 1.807) is 13.8 Å². The topological polar surface area (TPSA) is 70.1 Å². The lowest BCUT2D eigenvalue weighted by Gasteiger charge is -2.23. The number of carbonyl (C=O) groups excluding carboxylic acids is 2. The minimum Gasteiger partial charge on any atom is -0.466 e. The molecule has 0 bridgehead atoms. The van der Waals surface area contributed by atoms with Crippen molar-refractivity contribution >= 4 is 11.9 Å². The summed E-state index contributed by atoms with van der Waals surface area (Å²) in [5.41, 5.74) is 0. The number of β-amino-alcohol motifs (C(OH)–C–C–N with tert-alkyl or cyclic N) is 1. The Labute approximate surface area is 114 Å². The van der Waals surface area contributed by atoms with Crippen LogP contribution >= 0.6 is 0 Å². The Morgan fingerprint density at radius 3 is 2.63 bits per heavy atom. The van der Waals surface area contributed by atoms with E-state index >= 15 is 0 Å². The second-order valence-corrected chi connectivity index (χ2v) is 4.82. The maximum atomic E-state index is 11.3. The van der Waals surface area contributed by atoms with Crippen LogP contribution in [0, 0.1) is 0 Å². The molecule has 19 heavy (non-hydrogen) atoms. The first-order valence-electron chi connectivity index (χ1n) is 6.84. The molecule has 6 heteroatoms. The Bertz CT molecular complexity index is 309. The van der Waals surface area contributed by atoms with Crippen LogP contribution in [0.5, 0.6) is 0 Å². The zero-order valence-electron chi connectivity index (χ0n) is 11.8. The number of esters is 1. The summed E-state index contributed by atoms with van der Waals surface area (Å²) in [6.45, 7) is 7.12. The van der Waals surface area contributed by atoms with Gasteiger partial charge in [-0.1, -0.05) is 0 Å². The molecule has 110 valence electrons. The third-order valence-corrected chi connectivity index (χ3v) is 3.21. The Morgan fingerprint density at radius 1 is 1.26 bits per heavy atom. The molecule has 1 heterocycles. The van der Waals surface area contributed by atoms with Crippen molar-refractivity contribution in [2.45, 2.75) is 32.8 Å². The van der Waals surface area contributed by atoms with Crippen LogP contribution in [0.4, 0.5) is 0 Å². The van der Waals surface area contributed by atoms with Crippen molar-refractivity contribution in [3.63, 3.8) is 0 Å². The third-order valence-electron chi connectivity index (χ3n) is 3.21. The summed E-state index contributed by atoms with van der Waals surface area (Å²) in [6.07, 6.45) is 0.217. The number of rotatable bonds is 5. The first-order valence-corrected chi connectivity index (χ1v) is 6.84. The van der Waals surface area contributed by atoms with Crippen molar-refractivity contribution in [1.29, 1.82) is 0 Å². The van der Waals surface area contributed by atoms with Gasteiger partial charge < -0.3 is 14.7 Å². The highest BCUT2D eigenvalue weighted by molar-refractivity contribution is 5.73. The van der Waals surface area contributed by atoms with E-state index in [9.17, 15) is 14.7 Å². The molecule has 0 saturated carbocycles. The molecule has 0 spiro atoms. The van der Waals surface area contributed by atoms with Crippen LogP contribution in [0.25, 0.3) is 0 Å². The maximum Gasteiger partial charge on any atom is 0.308 e. The maximum absolute atomic E-state index is 11.3. The van der Waals surface area contributed by atoms with Crippen LogP contribution in [0.1, 0.15) is 26.7 Å². The van der Waals surface area contributed by atoms with Gasteiger partial charge in [-0.15, -0.1) is 0 Å². The van der Waals surface area contributed by atoms with E-state index in [4.69, 9.17) is 4.74 Å². The third kappa shape index (κ3) is 6.02. The molecule has 0 aromatic heterocycles.